The van der Waals surface area contributed by atoms with Crippen LogP contribution >= 0.6 is 55.1 Å². The summed E-state index contributed by atoms with van der Waals surface area (Å²) >= 11 is 19.5. The van der Waals surface area contributed by atoms with Gasteiger partial charge in [-0.15, -0.1) is 0 Å². The predicted octanol–water partition coefficient (Wildman–Crippen LogP) is 8.16. The molecule has 1 fully saturated rings. The van der Waals surface area contributed by atoms with E-state index in [-0.39, 0.29) is 6.61 Å². The molecule has 10 heteroatoms. The molecule has 1 aliphatic rings. The van der Waals surface area contributed by atoms with E-state index in [1.807, 2.05) is 42.6 Å². The van der Waals surface area contributed by atoms with Crippen LogP contribution in [-0.4, -0.2) is 22.7 Å². The van der Waals surface area contributed by atoms with Crippen LogP contribution in [0.1, 0.15) is 36.5 Å². The number of fused-ring (bicyclic) bond motifs is 1. The zero-order valence-electron chi connectivity index (χ0n) is 20.2. The zero-order chi connectivity index (χ0) is 27.2. The first-order valence-corrected chi connectivity index (χ1v) is 14.0. The number of rotatable bonds is 6. The van der Waals surface area contributed by atoms with Crippen LogP contribution in [0.3, 0.4) is 0 Å². The Morgan fingerprint density at radius 2 is 1.66 bits per heavy atom. The van der Waals surface area contributed by atoms with Crippen molar-refractivity contribution in [3.05, 3.63) is 96.5 Å². The second-order valence-corrected chi connectivity index (χ2v) is 11.9. The van der Waals surface area contributed by atoms with Gasteiger partial charge in [-0.1, -0.05) is 47.5 Å². The average Bonchev–Trinajstić information content (AvgIpc) is 3.25. The lowest BCUT2D eigenvalue weighted by atomic mass is 9.80. The Morgan fingerprint density at radius 3 is 2.32 bits per heavy atom. The van der Waals surface area contributed by atoms with Gasteiger partial charge in [-0.2, -0.15) is 0 Å². The number of H-pyrrole nitrogens is 1. The number of carbonyl (C=O) groups is 2. The maximum Gasteiger partial charge on any atom is 0.324 e. The number of aromatic amines is 1. The van der Waals surface area contributed by atoms with E-state index in [1.54, 1.807) is 18.2 Å². The summed E-state index contributed by atoms with van der Waals surface area (Å²) in [7, 11) is 0. The molecule has 2 heterocycles. The third kappa shape index (κ3) is 5.32. The van der Waals surface area contributed by atoms with Crippen LogP contribution in [0, 0.1) is 5.92 Å². The van der Waals surface area contributed by atoms with Gasteiger partial charge in [-0.25, -0.2) is 0 Å². The van der Waals surface area contributed by atoms with Crippen LogP contribution in [0.4, 0.5) is 0 Å². The molecule has 0 radical (unpaired) electrons. The fourth-order valence-corrected chi connectivity index (χ4v) is 6.50. The molecule has 1 atom stereocenters. The lowest BCUT2D eigenvalue weighted by Crippen LogP contribution is -2.48. The molecule has 1 saturated heterocycles. The Morgan fingerprint density at radius 1 is 1.00 bits per heavy atom. The molecule has 0 amide bonds. The Labute approximate surface area is 245 Å². The smallest absolute Gasteiger partial charge is 0.324 e. The number of ether oxygens (including phenoxy) is 3. The van der Waals surface area contributed by atoms with E-state index in [1.165, 1.54) is 13.8 Å². The number of aromatic nitrogens is 1. The topological polar surface area (TPSA) is 77.6 Å². The van der Waals surface area contributed by atoms with Crippen molar-refractivity contribution in [1.82, 2.24) is 4.98 Å². The largest absolute Gasteiger partial charge is 0.486 e. The molecule has 4 aromatic rings. The predicted molar refractivity (Wildman–Crippen MR) is 153 cm³/mol. The molecule has 3 aromatic carbocycles. The molecule has 0 aliphatic carbocycles. The van der Waals surface area contributed by atoms with Gasteiger partial charge < -0.3 is 19.2 Å². The van der Waals surface area contributed by atoms with Crippen molar-refractivity contribution in [2.45, 2.75) is 32.2 Å². The minimum Gasteiger partial charge on any atom is -0.486 e. The van der Waals surface area contributed by atoms with Crippen molar-refractivity contribution in [3.63, 3.8) is 0 Å². The summed E-state index contributed by atoms with van der Waals surface area (Å²) in [6, 6.07) is 16.6. The summed E-state index contributed by atoms with van der Waals surface area (Å²) in [6.45, 7) is 3.27. The number of benzene rings is 3. The molecule has 5 rings (SSSR count). The van der Waals surface area contributed by atoms with Crippen LogP contribution in [0.25, 0.3) is 10.9 Å². The van der Waals surface area contributed by atoms with E-state index in [2.05, 4.69) is 36.8 Å². The summed E-state index contributed by atoms with van der Waals surface area (Å²) < 4.78 is 18.3. The summed E-state index contributed by atoms with van der Waals surface area (Å²) in [6.07, 6.45) is 1.81. The molecule has 1 N–H and O–H groups in total. The SMILES string of the molecule is CC1(C)OC(=O)C([C@H](c2cc(Br)c(OCc3ccc(Cl)cc3Cl)c(Br)c2)c2c[nH]c3ccccc23)C(=O)O1. The number of hydrogen-bond donors (Lipinski definition) is 1. The molecular formula is C28H21Br2Cl2NO5. The highest BCUT2D eigenvalue weighted by Crippen LogP contribution is 2.45. The van der Waals surface area contributed by atoms with Gasteiger partial charge in [0.25, 0.3) is 5.79 Å². The quantitative estimate of drug-likeness (QED) is 0.164. The number of carbonyl (C=O) groups excluding carboxylic acids is 2. The van der Waals surface area contributed by atoms with Gasteiger partial charge in [-0.3, -0.25) is 9.59 Å². The first-order valence-electron chi connectivity index (χ1n) is 11.6. The lowest BCUT2D eigenvalue weighted by molar-refractivity contribution is -0.240. The minimum atomic E-state index is -1.34. The van der Waals surface area contributed by atoms with E-state index < -0.39 is 29.6 Å². The van der Waals surface area contributed by atoms with E-state index >= 15 is 0 Å². The van der Waals surface area contributed by atoms with Gasteiger partial charge >= 0.3 is 11.9 Å². The van der Waals surface area contributed by atoms with Gasteiger partial charge in [0.1, 0.15) is 12.4 Å². The zero-order valence-corrected chi connectivity index (χ0v) is 24.9. The van der Waals surface area contributed by atoms with Crippen LogP contribution in [0.2, 0.25) is 10.0 Å². The first kappa shape index (κ1) is 27.1. The highest BCUT2D eigenvalue weighted by molar-refractivity contribution is 9.11. The van der Waals surface area contributed by atoms with Gasteiger partial charge in [-0.05, 0) is 73.3 Å². The fraction of sp³-hybridized carbons (Fsp3) is 0.214. The van der Waals surface area contributed by atoms with Gasteiger partial charge in [0.05, 0.1) is 8.95 Å². The summed E-state index contributed by atoms with van der Waals surface area (Å²) in [5.74, 6) is -4.00. The standard InChI is InChI=1S/C28H21Br2Cl2NO5/c1-28(2)37-26(34)24(27(35)38-28)23(18-12-33-22-6-4-3-5-17(18)22)15-9-19(29)25(20(30)10-15)36-13-14-7-8-16(31)11-21(14)32/h3-12,23-24,33H,13H2,1-2H3/t23-/m1/s1. The summed E-state index contributed by atoms with van der Waals surface area (Å²) in [5.41, 5.74) is 3.10. The third-order valence-corrected chi connectivity index (χ3v) is 8.02. The maximum atomic E-state index is 13.2. The van der Waals surface area contributed by atoms with Crippen molar-refractivity contribution in [1.29, 1.82) is 0 Å². The van der Waals surface area contributed by atoms with E-state index in [0.717, 1.165) is 22.0 Å². The number of esters is 2. The number of halogens is 4. The molecule has 196 valence electrons. The monoisotopic (exact) mass is 679 g/mol. The summed E-state index contributed by atoms with van der Waals surface area (Å²) in [5, 5.41) is 1.92. The molecule has 1 aliphatic heterocycles. The Bertz CT molecular complexity index is 1530. The first-order chi connectivity index (χ1) is 18.0. The van der Waals surface area contributed by atoms with Crippen molar-refractivity contribution >= 4 is 77.9 Å². The van der Waals surface area contributed by atoms with Crippen LogP contribution in [0.15, 0.2) is 69.7 Å². The maximum absolute atomic E-state index is 13.2. The Hall–Kier alpha value is -2.52. The molecule has 0 spiro atoms. The second kappa shape index (κ2) is 10.6. The van der Waals surface area contributed by atoms with Crippen LogP contribution in [0.5, 0.6) is 5.75 Å². The van der Waals surface area contributed by atoms with Gasteiger partial charge in [0, 0.05) is 52.5 Å². The number of cyclic esters (lactones) is 2. The van der Waals surface area contributed by atoms with Crippen molar-refractivity contribution < 1.29 is 23.8 Å². The van der Waals surface area contributed by atoms with Crippen molar-refractivity contribution in [2.75, 3.05) is 0 Å². The highest BCUT2D eigenvalue weighted by Gasteiger charge is 2.48. The van der Waals surface area contributed by atoms with Crippen LogP contribution < -0.4 is 4.74 Å². The molecule has 38 heavy (non-hydrogen) atoms. The Balaban J connectivity index is 1.56. The summed E-state index contributed by atoms with van der Waals surface area (Å²) in [4.78, 5) is 29.7. The molecular weight excluding hydrogens is 661 g/mol. The minimum absolute atomic E-state index is 0.203. The molecule has 0 unspecified atom stereocenters. The van der Waals surface area contributed by atoms with Crippen molar-refractivity contribution in [3.8, 4) is 5.75 Å². The average molecular weight is 682 g/mol. The second-order valence-electron chi connectivity index (χ2n) is 9.33. The van der Waals surface area contributed by atoms with Crippen molar-refractivity contribution in [2.24, 2.45) is 5.92 Å². The molecule has 1 aromatic heterocycles. The van der Waals surface area contributed by atoms with E-state index in [9.17, 15) is 9.59 Å². The number of para-hydroxylation sites is 1. The van der Waals surface area contributed by atoms with E-state index in [0.29, 0.717) is 30.3 Å². The van der Waals surface area contributed by atoms with Gasteiger partial charge in [0.15, 0.2) is 5.92 Å². The normalized spacial score (nSPS) is 16.3. The highest BCUT2D eigenvalue weighted by atomic mass is 79.9. The fourth-order valence-electron chi connectivity index (χ4n) is 4.59. The number of hydrogen-bond acceptors (Lipinski definition) is 5. The molecule has 0 saturated carbocycles. The van der Waals surface area contributed by atoms with E-state index in [4.69, 9.17) is 37.4 Å². The van der Waals surface area contributed by atoms with Crippen LogP contribution in [-0.2, 0) is 25.7 Å². The third-order valence-electron chi connectivity index (χ3n) is 6.26. The lowest BCUT2D eigenvalue weighted by Gasteiger charge is -2.36. The Kier molecular flexibility index (Phi) is 7.52. The number of nitrogens with one attached hydrogen (secondary N) is 1. The molecule has 6 nitrogen and oxygen atoms in total. The molecule has 0 bridgehead atoms. The van der Waals surface area contributed by atoms with Gasteiger partial charge in [0.2, 0.25) is 0 Å².